The SMILES string of the molecule is COCCCN(C)CC1CC2CCCCC2N1. The molecule has 0 radical (unpaired) electrons. The van der Waals surface area contributed by atoms with Crippen LogP contribution in [-0.4, -0.2) is 50.8 Å². The Bertz CT molecular complexity index is 208. The molecule has 3 unspecified atom stereocenters. The Labute approximate surface area is 106 Å². The highest BCUT2D eigenvalue weighted by molar-refractivity contribution is 4.93. The van der Waals surface area contributed by atoms with Crippen molar-refractivity contribution in [1.29, 1.82) is 0 Å². The Morgan fingerprint density at radius 3 is 2.88 bits per heavy atom. The summed E-state index contributed by atoms with van der Waals surface area (Å²) >= 11 is 0. The predicted octanol–water partition coefficient (Wildman–Crippen LogP) is 1.88. The van der Waals surface area contributed by atoms with Crippen LogP contribution in [0.5, 0.6) is 0 Å². The Morgan fingerprint density at radius 1 is 1.29 bits per heavy atom. The molecule has 1 aliphatic heterocycles. The molecule has 1 N–H and O–H groups in total. The minimum absolute atomic E-state index is 0.732. The van der Waals surface area contributed by atoms with Gasteiger partial charge in [0.2, 0.25) is 0 Å². The lowest BCUT2D eigenvalue weighted by Crippen LogP contribution is -2.39. The van der Waals surface area contributed by atoms with Gasteiger partial charge >= 0.3 is 0 Å². The fraction of sp³-hybridized carbons (Fsp3) is 1.00. The molecule has 3 atom stereocenters. The van der Waals surface area contributed by atoms with E-state index in [0.717, 1.165) is 37.6 Å². The van der Waals surface area contributed by atoms with Gasteiger partial charge in [-0.1, -0.05) is 12.8 Å². The first-order valence-corrected chi connectivity index (χ1v) is 7.23. The van der Waals surface area contributed by atoms with E-state index >= 15 is 0 Å². The van der Waals surface area contributed by atoms with Crippen molar-refractivity contribution in [1.82, 2.24) is 10.2 Å². The van der Waals surface area contributed by atoms with Gasteiger partial charge in [0.25, 0.3) is 0 Å². The first-order valence-electron chi connectivity index (χ1n) is 7.23. The van der Waals surface area contributed by atoms with Gasteiger partial charge in [0.1, 0.15) is 0 Å². The van der Waals surface area contributed by atoms with Crippen LogP contribution in [0.15, 0.2) is 0 Å². The molecule has 2 aliphatic rings. The summed E-state index contributed by atoms with van der Waals surface area (Å²) in [4.78, 5) is 2.45. The third kappa shape index (κ3) is 3.94. The second-order valence-electron chi connectivity index (χ2n) is 5.86. The van der Waals surface area contributed by atoms with Crippen molar-refractivity contribution < 1.29 is 4.74 Å². The average Bonchev–Trinajstić information content (AvgIpc) is 2.71. The van der Waals surface area contributed by atoms with Gasteiger partial charge in [0, 0.05) is 38.9 Å². The van der Waals surface area contributed by atoms with Crippen LogP contribution in [0.1, 0.15) is 38.5 Å². The van der Waals surface area contributed by atoms with Crippen LogP contribution in [0.4, 0.5) is 0 Å². The fourth-order valence-electron chi connectivity index (χ4n) is 3.52. The number of nitrogens with one attached hydrogen (secondary N) is 1. The van der Waals surface area contributed by atoms with Crippen molar-refractivity contribution in [2.75, 3.05) is 33.9 Å². The van der Waals surface area contributed by atoms with Crippen LogP contribution in [0.25, 0.3) is 0 Å². The number of fused-ring (bicyclic) bond motifs is 1. The Kier molecular flexibility index (Phi) is 5.26. The summed E-state index contributed by atoms with van der Waals surface area (Å²) in [7, 11) is 4.02. The second-order valence-corrected chi connectivity index (χ2v) is 5.86. The Morgan fingerprint density at radius 2 is 2.12 bits per heavy atom. The van der Waals surface area contributed by atoms with Crippen LogP contribution < -0.4 is 5.32 Å². The molecule has 3 nitrogen and oxygen atoms in total. The largest absolute Gasteiger partial charge is 0.385 e. The normalized spacial score (nSPS) is 33.0. The highest BCUT2D eigenvalue weighted by atomic mass is 16.5. The molecular formula is C14H28N2O. The molecule has 1 saturated carbocycles. The molecule has 0 bridgehead atoms. The Balaban J connectivity index is 1.66. The molecule has 0 aromatic heterocycles. The molecule has 1 aliphatic carbocycles. The van der Waals surface area contributed by atoms with Crippen LogP contribution in [0, 0.1) is 5.92 Å². The third-order valence-electron chi connectivity index (χ3n) is 4.37. The number of likely N-dealkylation sites (N-methyl/N-ethyl adjacent to an activating group) is 1. The number of hydrogen-bond acceptors (Lipinski definition) is 3. The zero-order valence-corrected chi connectivity index (χ0v) is 11.5. The van der Waals surface area contributed by atoms with E-state index in [1.807, 2.05) is 0 Å². The predicted molar refractivity (Wildman–Crippen MR) is 71.3 cm³/mol. The number of hydrogen-bond donors (Lipinski definition) is 1. The molecule has 0 aromatic carbocycles. The summed E-state index contributed by atoms with van der Waals surface area (Å²) in [5.74, 6) is 0.973. The Hall–Kier alpha value is -0.120. The van der Waals surface area contributed by atoms with Gasteiger partial charge in [0.05, 0.1) is 0 Å². The second kappa shape index (κ2) is 6.72. The molecule has 3 heteroatoms. The molecule has 17 heavy (non-hydrogen) atoms. The average molecular weight is 240 g/mol. The highest BCUT2D eigenvalue weighted by Crippen LogP contribution is 2.33. The van der Waals surface area contributed by atoms with Crippen molar-refractivity contribution in [2.45, 2.75) is 50.6 Å². The molecule has 2 rings (SSSR count). The molecule has 100 valence electrons. The summed E-state index contributed by atoms with van der Waals surface area (Å²) in [6, 6.07) is 1.57. The maximum absolute atomic E-state index is 5.10. The third-order valence-corrected chi connectivity index (χ3v) is 4.37. The monoisotopic (exact) mass is 240 g/mol. The van der Waals surface area contributed by atoms with E-state index in [1.54, 1.807) is 7.11 Å². The van der Waals surface area contributed by atoms with Crippen LogP contribution >= 0.6 is 0 Å². The van der Waals surface area contributed by atoms with E-state index < -0.39 is 0 Å². The topological polar surface area (TPSA) is 24.5 Å². The van der Waals surface area contributed by atoms with E-state index in [0.29, 0.717) is 0 Å². The van der Waals surface area contributed by atoms with Crippen LogP contribution in [-0.2, 0) is 4.74 Å². The van der Waals surface area contributed by atoms with Gasteiger partial charge in [0.15, 0.2) is 0 Å². The molecular weight excluding hydrogens is 212 g/mol. The first-order chi connectivity index (χ1) is 8.29. The van der Waals surface area contributed by atoms with E-state index in [9.17, 15) is 0 Å². The van der Waals surface area contributed by atoms with E-state index in [-0.39, 0.29) is 0 Å². The maximum atomic E-state index is 5.10. The number of methoxy groups -OCH3 is 1. The number of nitrogens with zero attached hydrogens (tertiary/aromatic N) is 1. The maximum Gasteiger partial charge on any atom is 0.0474 e. The molecule has 2 fully saturated rings. The summed E-state index contributed by atoms with van der Waals surface area (Å²) < 4.78 is 5.10. The molecule has 0 amide bonds. The molecule has 1 heterocycles. The van der Waals surface area contributed by atoms with E-state index in [4.69, 9.17) is 4.74 Å². The molecule has 1 saturated heterocycles. The van der Waals surface area contributed by atoms with E-state index in [1.165, 1.54) is 38.6 Å². The van der Waals surface area contributed by atoms with Crippen molar-refractivity contribution in [3.05, 3.63) is 0 Å². The fourth-order valence-corrected chi connectivity index (χ4v) is 3.52. The lowest BCUT2D eigenvalue weighted by molar-refractivity contribution is 0.176. The molecule has 0 spiro atoms. The zero-order chi connectivity index (χ0) is 12.1. The number of rotatable bonds is 6. The zero-order valence-electron chi connectivity index (χ0n) is 11.5. The lowest BCUT2D eigenvalue weighted by Gasteiger charge is -2.24. The van der Waals surface area contributed by atoms with Crippen LogP contribution in [0.3, 0.4) is 0 Å². The number of ether oxygens (including phenoxy) is 1. The standard InChI is InChI=1S/C14H28N2O/c1-16(8-5-9-17-2)11-13-10-12-6-3-4-7-14(12)15-13/h12-15H,3-11H2,1-2H3. The minimum Gasteiger partial charge on any atom is -0.385 e. The van der Waals surface area contributed by atoms with Crippen LogP contribution in [0.2, 0.25) is 0 Å². The van der Waals surface area contributed by atoms with E-state index in [2.05, 4.69) is 17.3 Å². The van der Waals surface area contributed by atoms with Crippen molar-refractivity contribution in [2.24, 2.45) is 5.92 Å². The van der Waals surface area contributed by atoms with Crippen molar-refractivity contribution in [3.63, 3.8) is 0 Å². The highest BCUT2D eigenvalue weighted by Gasteiger charge is 2.34. The lowest BCUT2D eigenvalue weighted by atomic mass is 9.85. The quantitative estimate of drug-likeness (QED) is 0.717. The summed E-state index contributed by atoms with van der Waals surface area (Å²) in [6.45, 7) is 3.24. The van der Waals surface area contributed by atoms with Crippen molar-refractivity contribution >= 4 is 0 Å². The summed E-state index contributed by atoms with van der Waals surface area (Å²) in [5, 5.41) is 3.84. The smallest absolute Gasteiger partial charge is 0.0474 e. The van der Waals surface area contributed by atoms with Gasteiger partial charge in [-0.15, -0.1) is 0 Å². The summed E-state index contributed by atoms with van der Waals surface area (Å²) in [6.07, 6.45) is 8.31. The first kappa shape index (κ1) is 13.3. The van der Waals surface area contributed by atoms with Gasteiger partial charge in [-0.2, -0.15) is 0 Å². The van der Waals surface area contributed by atoms with Gasteiger partial charge in [-0.05, 0) is 38.6 Å². The van der Waals surface area contributed by atoms with Gasteiger partial charge in [-0.25, -0.2) is 0 Å². The molecule has 0 aromatic rings. The van der Waals surface area contributed by atoms with Gasteiger partial charge < -0.3 is 15.0 Å². The van der Waals surface area contributed by atoms with Gasteiger partial charge in [-0.3, -0.25) is 0 Å². The summed E-state index contributed by atoms with van der Waals surface area (Å²) in [5.41, 5.74) is 0. The minimum atomic E-state index is 0.732. The van der Waals surface area contributed by atoms with Crippen molar-refractivity contribution in [3.8, 4) is 0 Å².